The maximum atomic E-state index is 11.3. The van der Waals surface area contributed by atoms with Crippen LogP contribution in [0.4, 0.5) is 17.1 Å². The van der Waals surface area contributed by atoms with E-state index in [1.807, 2.05) is 13.1 Å². The van der Waals surface area contributed by atoms with E-state index in [-0.39, 0.29) is 12.5 Å². The molecule has 20 heavy (non-hydrogen) atoms. The maximum Gasteiger partial charge on any atom is 0.262 e. The van der Waals surface area contributed by atoms with Gasteiger partial charge in [-0.1, -0.05) is 0 Å². The van der Waals surface area contributed by atoms with Crippen LogP contribution in [0, 0.1) is 0 Å². The molecule has 1 aromatic carbocycles. The van der Waals surface area contributed by atoms with Crippen molar-refractivity contribution in [1.29, 1.82) is 0 Å². The highest BCUT2D eigenvalue weighted by atomic mass is 16.5. The molecule has 0 saturated carbocycles. The number of aromatic nitrogens is 2. The molecule has 0 aliphatic carbocycles. The Balaban J connectivity index is 1.81. The minimum Gasteiger partial charge on any atom is -0.482 e. The number of ether oxygens (including phenoxy) is 1. The molecule has 104 valence electrons. The van der Waals surface area contributed by atoms with Gasteiger partial charge < -0.3 is 21.1 Å². The van der Waals surface area contributed by atoms with Crippen molar-refractivity contribution < 1.29 is 9.53 Å². The molecule has 7 heteroatoms. The van der Waals surface area contributed by atoms with Crippen LogP contribution in [0.1, 0.15) is 5.69 Å². The second-order valence-corrected chi connectivity index (χ2v) is 4.57. The van der Waals surface area contributed by atoms with E-state index >= 15 is 0 Å². The first kappa shape index (κ1) is 12.3. The van der Waals surface area contributed by atoms with Gasteiger partial charge in [0, 0.05) is 19.3 Å². The number of aryl methyl sites for hydroxylation is 1. The number of hydrogen-bond donors (Lipinski definition) is 3. The molecule has 1 aromatic heterocycles. The molecule has 0 bridgehead atoms. The third kappa shape index (κ3) is 2.25. The molecule has 7 nitrogen and oxygen atoms in total. The third-order valence-electron chi connectivity index (χ3n) is 3.17. The number of carbonyl (C=O) groups excluding carboxylic acids is 1. The van der Waals surface area contributed by atoms with Crippen LogP contribution in [-0.2, 0) is 18.4 Å². The highest BCUT2D eigenvalue weighted by Gasteiger charge is 2.17. The number of benzene rings is 1. The average Bonchev–Trinajstić information content (AvgIpc) is 2.82. The van der Waals surface area contributed by atoms with E-state index in [1.54, 1.807) is 23.0 Å². The molecule has 0 unspecified atom stereocenters. The third-order valence-corrected chi connectivity index (χ3v) is 3.17. The van der Waals surface area contributed by atoms with Crippen molar-refractivity contribution in [3.8, 4) is 5.75 Å². The number of nitrogens with zero attached hydrogens (tertiary/aromatic N) is 2. The minimum absolute atomic E-state index is 0.0221. The monoisotopic (exact) mass is 273 g/mol. The molecule has 0 spiro atoms. The van der Waals surface area contributed by atoms with Gasteiger partial charge in [0.2, 0.25) is 0 Å². The maximum absolute atomic E-state index is 11.3. The molecular formula is C13H15N5O2. The van der Waals surface area contributed by atoms with Crippen LogP contribution in [0.2, 0.25) is 0 Å². The summed E-state index contributed by atoms with van der Waals surface area (Å²) in [6, 6.07) is 5.41. The Kier molecular flexibility index (Phi) is 2.94. The summed E-state index contributed by atoms with van der Waals surface area (Å²) in [5, 5.41) is 10.1. The normalized spacial score (nSPS) is 13.3. The Morgan fingerprint density at radius 2 is 2.40 bits per heavy atom. The van der Waals surface area contributed by atoms with Crippen LogP contribution in [0.5, 0.6) is 5.75 Å². The van der Waals surface area contributed by atoms with Gasteiger partial charge in [0.05, 0.1) is 29.3 Å². The zero-order valence-electron chi connectivity index (χ0n) is 11.0. The van der Waals surface area contributed by atoms with Gasteiger partial charge in [-0.2, -0.15) is 5.10 Å². The lowest BCUT2D eigenvalue weighted by Gasteiger charge is -2.20. The van der Waals surface area contributed by atoms with Crippen molar-refractivity contribution >= 4 is 23.0 Å². The molecule has 0 atom stereocenters. The Morgan fingerprint density at radius 1 is 1.55 bits per heavy atom. The number of rotatable bonds is 3. The van der Waals surface area contributed by atoms with Crippen molar-refractivity contribution in [2.24, 2.45) is 7.05 Å². The van der Waals surface area contributed by atoms with Gasteiger partial charge in [-0.3, -0.25) is 9.48 Å². The summed E-state index contributed by atoms with van der Waals surface area (Å²) < 4.78 is 7.09. The van der Waals surface area contributed by atoms with Gasteiger partial charge in [-0.25, -0.2) is 0 Å². The predicted molar refractivity (Wildman–Crippen MR) is 75.5 cm³/mol. The average molecular weight is 273 g/mol. The van der Waals surface area contributed by atoms with Gasteiger partial charge >= 0.3 is 0 Å². The molecule has 1 aliphatic rings. The number of nitrogen functional groups attached to an aromatic ring is 1. The van der Waals surface area contributed by atoms with E-state index in [1.165, 1.54) is 0 Å². The van der Waals surface area contributed by atoms with Crippen LogP contribution in [0.15, 0.2) is 24.4 Å². The van der Waals surface area contributed by atoms with Crippen molar-refractivity contribution in [1.82, 2.24) is 9.78 Å². The zero-order chi connectivity index (χ0) is 14.1. The molecular weight excluding hydrogens is 258 g/mol. The number of carbonyl (C=O) groups is 1. The van der Waals surface area contributed by atoms with E-state index in [0.717, 1.165) is 11.4 Å². The standard InChI is InChI=1S/C13H15N5O2/c1-18-8(2-3-16-18)6-15-10-5-11-12(4-9(10)14)20-7-13(19)17-11/h2-5,15H,6-7,14H2,1H3,(H,17,19). The summed E-state index contributed by atoms with van der Waals surface area (Å²) in [4.78, 5) is 11.3. The lowest BCUT2D eigenvalue weighted by molar-refractivity contribution is -0.118. The van der Waals surface area contributed by atoms with Crippen molar-refractivity contribution in [2.45, 2.75) is 6.54 Å². The van der Waals surface area contributed by atoms with Crippen LogP contribution in [-0.4, -0.2) is 22.3 Å². The van der Waals surface area contributed by atoms with E-state index < -0.39 is 0 Å². The Morgan fingerprint density at radius 3 is 3.15 bits per heavy atom. The van der Waals surface area contributed by atoms with Crippen LogP contribution >= 0.6 is 0 Å². The smallest absolute Gasteiger partial charge is 0.262 e. The molecule has 2 aromatic rings. The molecule has 1 aliphatic heterocycles. The second-order valence-electron chi connectivity index (χ2n) is 4.57. The number of nitrogens with one attached hydrogen (secondary N) is 2. The van der Waals surface area contributed by atoms with Gasteiger partial charge in [-0.05, 0) is 12.1 Å². The largest absolute Gasteiger partial charge is 0.482 e. The lowest BCUT2D eigenvalue weighted by Crippen LogP contribution is -2.25. The number of nitrogens with two attached hydrogens (primary N) is 1. The topological polar surface area (TPSA) is 94.2 Å². The summed E-state index contributed by atoms with van der Waals surface area (Å²) in [5.41, 5.74) is 8.95. The minimum atomic E-state index is -0.167. The summed E-state index contributed by atoms with van der Waals surface area (Å²) >= 11 is 0. The molecule has 1 amide bonds. The Bertz CT molecular complexity index is 665. The van der Waals surface area contributed by atoms with E-state index in [2.05, 4.69) is 15.7 Å². The second kappa shape index (κ2) is 4.76. The Labute approximate surface area is 115 Å². The first-order valence-electron chi connectivity index (χ1n) is 6.20. The van der Waals surface area contributed by atoms with E-state index in [9.17, 15) is 4.79 Å². The van der Waals surface area contributed by atoms with Crippen LogP contribution in [0.3, 0.4) is 0 Å². The van der Waals surface area contributed by atoms with Crippen molar-refractivity contribution in [3.05, 3.63) is 30.1 Å². The molecule has 2 heterocycles. The highest BCUT2D eigenvalue weighted by molar-refractivity contribution is 5.97. The molecule has 0 saturated heterocycles. The highest BCUT2D eigenvalue weighted by Crippen LogP contribution is 2.35. The first-order valence-corrected chi connectivity index (χ1v) is 6.20. The SMILES string of the molecule is Cn1nccc1CNc1cc2c(cc1N)OCC(=O)N2. The van der Waals surface area contributed by atoms with Gasteiger partial charge in [0.15, 0.2) is 6.61 Å². The van der Waals surface area contributed by atoms with Gasteiger partial charge in [0.25, 0.3) is 5.91 Å². The van der Waals surface area contributed by atoms with E-state index in [0.29, 0.717) is 23.7 Å². The fraction of sp³-hybridized carbons (Fsp3) is 0.231. The molecule has 0 fully saturated rings. The lowest BCUT2D eigenvalue weighted by atomic mass is 10.2. The molecule has 3 rings (SSSR count). The summed E-state index contributed by atoms with van der Waals surface area (Å²) in [6.45, 7) is 0.614. The number of anilines is 3. The fourth-order valence-corrected chi connectivity index (χ4v) is 2.06. The summed E-state index contributed by atoms with van der Waals surface area (Å²) in [7, 11) is 1.88. The van der Waals surface area contributed by atoms with Crippen molar-refractivity contribution in [2.75, 3.05) is 23.0 Å². The summed E-state index contributed by atoms with van der Waals surface area (Å²) in [6.07, 6.45) is 1.74. The van der Waals surface area contributed by atoms with E-state index in [4.69, 9.17) is 10.5 Å². The fourth-order valence-electron chi connectivity index (χ4n) is 2.06. The number of fused-ring (bicyclic) bond motifs is 1. The van der Waals surface area contributed by atoms with Gasteiger partial charge in [0.1, 0.15) is 5.75 Å². The Hall–Kier alpha value is -2.70. The zero-order valence-corrected chi connectivity index (χ0v) is 11.0. The quantitative estimate of drug-likeness (QED) is 0.724. The van der Waals surface area contributed by atoms with Crippen LogP contribution < -0.4 is 21.1 Å². The van der Waals surface area contributed by atoms with Crippen LogP contribution in [0.25, 0.3) is 0 Å². The van der Waals surface area contributed by atoms with Crippen molar-refractivity contribution in [3.63, 3.8) is 0 Å². The number of amides is 1. The predicted octanol–water partition coefficient (Wildman–Crippen LogP) is 0.945. The number of hydrogen-bond acceptors (Lipinski definition) is 5. The molecule has 0 radical (unpaired) electrons. The molecule has 4 N–H and O–H groups in total. The van der Waals surface area contributed by atoms with Gasteiger partial charge in [-0.15, -0.1) is 0 Å². The first-order chi connectivity index (χ1) is 9.63. The summed E-state index contributed by atoms with van der Waals surface area (Å²) in [5.74, 6) is 0.424.